The summed E-state index contributed by atoms with van der Waals surface area (Å²) in [5.74, 6) is 0. The molecule has 1 fully saturated rings. The number of nitrogens with zero attached hydrogens (tertiary/aromatic N) is 1. The largest absolute Gasteiger partial charge is 0.307 e. The Morgan fingerprint density at radius 3 is 2.65 bits per heavy atom. The SMILES string of the molecule is CC1(NCc2cn[nH]c2-c2ccccc2)CCCCC1. The number of rotatable bonds is 4. The van der Waals surface area contributed by atoms with Gasteiger partial charge in [0.05, 0.1) is 11.9 Å². The van der Waals surface area contributed by atoms with Crippen LogP contribution in [0.2, 0.25) is 0 Å². The van der Waals surface area contributed by atoms with Crippen molar-refractivity contribution in [3.8, 4) is 11.3 Å². The first-order valence-corrected chi connectivity index (χ1v) is 7.60. The van der Waals surface area contributed by atoms with Crippen molar-refractivity contribution in [2.24, 2.45) is 0 Å². The Balaban J connectivity index is 1.71. The van der Waals surface area contributed by atoms with Gasteiger partial charge in [-0.15, -0.1) is 0 Å². The lowest BCUT2D eigenvalue weighted by Gasteiger charge is -2.34. The zero-order valence-corrected chi connectivity index (χ0v) is 12.2. The van der Waals surface area contributed by atoms with Crippen LogP contribution in [0, 0.1) is 0 Å². The zero-order valence-electron chi connectivity index (χ0n) is 12.2. The Labute approximate surface area is 120 Å². The molecule has 1 saturated carbocycles. The minimum atomic E-state index is 0.295. The van der Waals surface area contributed by atoms with Crippen LogP contribution >= 0.6 is 0 Å². The van der Waals surface area contributed by atoms with E-state index in [-0.39, 0.29) is 0 Å². The summed E-state index contributed by atoms with van der Waals surface area (Å²) in [4.78, 5) is 0. The van der Waals surface area contributed by atoms with E-state index in [0.29, 0.717) is 5.54 Å². The van der Waals surface area contributed by atoms with Crippen LogP contribution in [0.25, 0.3) is 11.3 Å². The first-order chi connectivity index (χ1) is 9.77. The van der Waals surface area contributed by atoms with Crippen molar-refractivity contribution in [1.82, 2.24) is 15.5 Å². The molecule has 0 radical (unpaired) electrons. The zero-order chi connectivity index (χ0) is 13.8. The maximum absolute atomic E-state index is 4.22. The van der Waals surface area contributed by atoms with Crippen LogP contribution < -0.4 is 5.32 Å². The highest BCUT2D eigenvalue weighted by molar-refractivity contribution is 5.62. The molecular weight excluding hydrogens is 246 g/mol. The molecule has 0 atom stereocenters. The predicted molar refractivity (Wildman–Crippen MR) is 82.4 cm³/mol. The van der Waals surface area contributed by atoms with Crippen molar-refractivity contribution in [3.05, 3.63) is 42.1 Å². The first-order valence-electron chi connectivity index (χ1n) is 7.60. The van der Waals surface area contributed by atoms with E-state index in [0.717, 1.165) is 12.2 Å². The molecule has 106 valence electrons. The van der Waals surface area contributed by atoms with Gasteiger partial charge in [0, 0.05) is 17.6 Å². The van der Waals surface area contributed by atoms with Gasteiger partial charge >= 0.3 is 0 Å². The van der Waals surface area contributed by atoms with Crippen molar-refractivity contribution in [2.75, 3.05) is 0 Å². The molecule has 0 spiro atoms. The molecule has 1 heterocycles. The summed E-state index contributed by atoms with van der Waals surface area (Å²) in [5, 5.41) is 11.1. The molecule has 1 aliphatic carbocycles. The second-order valence-corrected chi connectivity index (χ2v) is 6.11. The monoisotopic (exact) mass is 269 g/mol. The van der Waals surface area contributed by atoms with E-state index >= 15 is 0 Å². The smallest absolute Gasteiger partial charge is 0.0695 e. The van der Waals surface area contributed by atoms with Gasteiger partial charge in [0.15, 0.2) is 0 Å². The molecule has 2 aromatic rings. The number of aromatic nitrogens is 2. The van der Waals surface area contributed by atoms with Crippen LogP contribution in [0.1, 0.15) is 44.6 Å². The van der Waals surface area contributed by atoms with Crippen molar-refractivity contribution in [1.29, 1.82) is 0 Å². The minimum absolute atomic E-state index is 0.295. The summed E-state index contributed by atoms with van der Waals surface area (Å²) in [6.07, 6.45) is 8.59. The molecule has 3 heteroatoms. The van der Waals surface area contributed by atoms with Crippen LogP contribution in [0.4, 0.5) is 0 Å². The summed E-state index contributed by atoms with van der Waals surface area (Å²) in [6, 6.07) is 10.4. The molecule has 0 amide bonds. The lowest BCUT2D eigenvalue weighted by molar-refractivity contribution is 0.252. The fourth-order valence-electron chi connectivity index (χ4n) is 3.12. The average molecular weight is 269 g/mol. The standard InChI is InChI=1S/C17H23N3/c1-17(10-6-3-7-11-17)18-12-15-13-19-20-16(15)14-8-4-2-5-9-14/h2,4-5,8-9,13,18H,3,6-7,10-12H2,1H3,(H,19,20). The maximum atomic E-state index is 4.22. The molecule has 3 rings (SSSR count). The van der Waals surface area contributed by atoms with Crippen LogP contribution in [0.3, 0.4) is 0 Å². The van der Waals surface area contributed by atoms with Gasteiger partial charge in [0.2, 0.25) is 0 Å². The van der Waals surface area contributed by atoms with Gasteiger partial charge in [-0.3, -0.25) is 5.10 Å². The summed E-state index contributed by atoms with van der Waals surface area (Å²) in [7, 11) is 0. The molecule has 1 aromatic carbocycles. The fourth-order valence-corrected chi connectivity index (χ4v) is 3.12. The van der Waals surface area contributed by atoms with Crippen molar-refractivity contribution in [3.63, 3.8) is 0 Å². The molecule has 0 unspecified atom stereocenters. The molecule has 0 aliphatic heterocycles. The highest BCUT2D eigenvalue weighted by Crippen LogP contribution is 2.28. The van der Waals surface area contributed by atoms with Gasteiger partial charge in [-0.2, -0.15) is 5.10 Å². The van der Waals surface area contributed by atoms with Crippen LogP contribution in [-0.4, -0.2) is 15.7 Å². The van der Waals surface area contributed by atoms with Gasteiger partial charge in [-0.1, -0.05) is 49.6 Å². The number of H-pyrrole nitrogens is 1. The summed E-state index contributed by atoms with van der Waals surface area (Å²) < 4.78 is 0. The number of benzene rings is 1. The van der Waals surface area contributed by atoms with Crippen LogP contribution in [-0.2, 0) is 6.54 Å². The Hall–Kier alpha value is -1.61. The summed E-state index contributed by atoms with van der Waals surface area (Å²) in [6.45, 7) is 3.24. The summed E-state index contributed by atoms with van der Waals surface area (Å²) >= 11 is 0. The molecule has 1 aromatic heterocycles. The normalized spacial score (nSPS) is 18.1. The topological polar surface area (TPSA) is 40.7 Å². The Morgan fingerprint density at radius 1 is 1.15 bits per heavy atom. The van der Waals surface area contributed by atoms with E-state index in [4.69, 9.17) is 0 Å². The van der Waals surface area contributed by atoms with E-state index in [9.17, 15) is 0 Å². The third-order valence-electron chi connectivity index (χ3n) is 4.44. The van der Waals surface area contributed by atoms with Crippen molar-refractivity contribution < 1.29 is 0 Å². The van der Waals surface area contributed by atoms with E-state index in [1.807, 2.05) is 12.3 Å². The van der Waals surface area contributed by atoms with E-state index in [1.165, 1.54) is 43.2 Å². The van der Waals surface area contributed by atoms with Gasteiger partial charge in [-0.05, 0) is 25.3 Å². The van der Waals surface area contributed by atoms with E-state index < -0.39 is 0 Å². The maximum Gasteiger partial charge on any atom is 0.0695 e. The molecule has 3 nitrogen and oxygen atoms in total. The Morgan fingerprint density at radius 2 is 1.90 bits per heavy atom. The molecule has 0 bridgehead atoms. The average Bonchev–Trinajstić information content (AvgIpc) is 2.95. The van der Waals surface area contributed by atoms with Crippen molar-refractivity contribution >= 4 is 0 Å². The highest BCUT2D eigenvalue weighted by Gasteiger charge is 2.26. The summed E-state index contributed by atoms with van der Waals surface area (Å²) in [5.41, 5.74) is 3.89. The van der Waals surface area contributed by atoms with Crippen LogP contribution in [0.5, 0.6) is 0 Å². The lowest BCUT2D eigenvalue weighted by atomic mass is 9.83. The molecule has 1 aliphatic rings. The number of nitrogens with one attached hydrogen (secondary N) is 2. The van der Waals surface area contributed by atoms with Gasteiger partial charge in [0.25, 0.3) is 0 Å². The Bertz CT molecular complexity index is 538. The van der Waals surface area contributed by atoms with Gasteiger partial charge < -0.3 is 5.32 Å². The van der Waals surface area contributed by atoms with E-state index in [2.05, 4.69) is 46.7 Å². The fraction of sp³-hybridized carbons (Fsp3) is 0.471. The number of aromatic amines is 1. The van der Waals surface area contributed by atoms with Gasteiger partial charge in [0.1, 0.15) is 0 Å². The second-order valence-electron chi connectivity index (χ2n) is 6.11. The number of hydrogen-bond donors (Lipinski definition) is 2. The predicted octanol–water partition coefficient (Wildman–Crippen LogP) is 3.89. The second kappa shape index (κ2) is 5.80. The van der Waals surface area contributed by atoms with Gasteiger partial charge in [-0.25, -0.2) is 0 Å². The molecular formula is C17H23N3. The minimum Gasteiger partial charge on any atom is -0.307 e. The number of hydrogen-bond acceptors (Lipinski definition) is 2. The molecule has 0 saturated heterocycles. The third kappa shape index (κ3) is 2.93. The van der Waals surface area contributed by atoms with E-state index in [1.54, 1.807) is 0 Å². The van der Waals surface area contributed by atoms with Crippen LogP contribution in [0.15, 0.2) is 36.5 Å². The van der Waals surface area contributed by atoms with Crippen molar-refractivity contribution in [2.45, 2.75) is 51.1 Å². The lowest BCUT2D eigenvalue weighted by Crippen LogP contribution is -2.43. The first kappa shape index (κ1) is 13.4. The molecule has 20 heavy (non-hydrogen) atoms. The molecule has 2 N–H and O–H groups in total. The Kier molecular flexibility index (Phi) is 3.88. The quantitative estimate of drug-likeness (QED) is 0.884. The highest BCUT2D eigenvalue weighted by atomic mass is 15.1. The third-order valence-corrected chi connectivity index (χ3v) is 4.44.